The highest BCUT2D eigenvalue weighted by molar-refractivity contribution is 5.39. The van der Waals surface area contributed by atoms with Gasteiger partial charge in [0.2, 0.25) is 0 Å². The summed E-state index contributed by atoms with van der Waals surface area (Å²) >= 11 is 0. The summed E-state index contributed by atoms with van der Waals surface area (Å²) in [6, 6.07) is 6.08. The van der Waals surface area contributed by atoms with Gasteiger partial charge in [0.25, 0.3) is 0 Å². The molecule has 1 aromatic carbocycles. The molecule has 3 atom stereocenters. The van der Waals surface area contributed by atoms with E-state index in [-0.39, 0.29) is 18.2 Å². The summed E-state index contributed by atoms with van der Waals surface area (Å²) < 4.78 is 16.9. The molecule has 1 saturated heterocycles. The Morgan fingerprint density at radius 1 is 1.35 bits per heavy atom. The maximum absolute atomic E-state index is 6.38. The molecule has 0 saturated carbocycles. The number of methoxy groups -OCH3 is 1. The van der Waals surface area contributed by atoms with Crippen LogP contribution in [0.15, 0.2) is 18.2 Å². The van der Waals surface area contributed by atoms with Crippen molar-refractivity contribution in [2.45, 2.75) is 43.9 Å². The predicted molar refractivity (Wildman–Crippen MR) is 77.0 cm³/mol. The molecule has 0 amide bonds. The third-order valence-electron chi connectivity index (χ3n) is 4.33. The van der Waals surface area contributed by atoms with Crippen LogP contribution in [-0.2, 0) is 15.9 Å². The van der Waals surface area contributed by atoms with Gasteiger partial charge in [-0.15, -0.1) is 0 Å². The lowest BCUT2D eigenvalue weighted by Crippen LogP contribution is -2.35. The molecule has 0 radical (unpaired) electrons. The molecule has 1 aromatic rings. The van der Waals surface area contributed by atoms with E-state index in [1.165, 1.54) is 5.56 Å². The SMILES string of the molecule is COc1ccc2c(c1)C(N)C(OCC1CCCO1)CC2. The molecular formula is C16H23NO3. The molecule has 20 heavy (non-hydrogen) atoms. The van der Waals surface area contributed by atoms with Crippen molar-refractivity contribution in [1.82, 2.24) is 0 Å². The van der Waals surface area contributed by atoms with Gasteiger partial charge in [0.05, 0.1) is 32.0 Å². The summed E-state index contributed by atoms with van der Waals surface area (Å²) in [5.41, 5.74) is 8.85. The molecule has 0 spiro atoms. The van der Waals surface area contributed by atoms with Crippen LogP contribution in [0.3, 0.4) is 0 Å². The van der Waals surface area contributed by atoms with Gasteiger partial charge in [-0.25, -0.2) is 0 Å². The van der Waals surface area contributed by atoms with Crippen LogP contribution in [0.2, 0.25) is 0 Å². The average Bonchev–Trinajstić information content (AvgIpc) is 3.00. The summed E-state index contributed by atoms with van der Waals surface area (Å²) in [6.45, 7) is 1.53. The second kappa shape index (κ2) is 6.12. The molecular weight excluding hydrogens is 254 g/mol. The third-order valence-corrected chi connectivity index (χ3v) is 4.33. The number of benzene rings is 1. The molecule has 1 fully saturated rings. The van der Waals surface area contributed by atoms with Crippen LogP contribution in [0.4, 0.5) is 0 Å². The van der Waals surface area contributed by atoms with Gasteiger partial charge in [0, 0.05) is 6.61 Å². The molecule has 2 aliphatic rings. The van der Waals surface area contributed by atoms with E-state index in [0.29, 0.717) is 6.61 Å². The summed E-state index contributed by atoms with van der Waals surface area (Å²) in [4.78, 5) is 0. The lowest BCUT2D eigenvalue weighted by Gasteiger charge is -2.32. The van der Waals surface area contributed by atoms with Crippen molar-refractivity contribution in [3.8, 4) is 5.75 Å². The first-order chi connectivity index (χ1) is 9.78. The highest BCUT2D eigenvalue weighted by Crippen LogP contribution is 2.33. The molecule has 4 heteroatoms. The van der Waals surface area contributed by atoms with Crippen LogP contribution in [-0.4, -0.2) is 32.5 Å². The van der Waals surface area contributed by atoms with Gasteiger partial charge in [-0.3, -0.25) is 0 Å². The van der Waals surface area contributed by atoms with Gasteiger partial charge >= 0.3 is 0 Å². The molecule has 3 unspecified atom stereocenters. The zero-order valence-corrected chi connectivity index (χ0v) is 12.0. The second-order valence-electron chi connectivity index (χ2n) is 5.64. The van der Waals surface area contributed by atoms with E-state index in [9.17, 15) is 0 Å². The Morgan fingerprint density at radius 2 is 2.25 bits per heavy atom. The second-order valence-corrected chi connectivity index (χ2v) is 5.64. The van der Waals surface area contributed by atoms with E-state index < -0.39 is 0 Å². The number of hydrogen-bond donors (Lipinski definition) is 1. The van der Waals surface area contributed by atoms with Crippen molar-refractivity contribution in [1.29, 1.82) is 0 Å². The van der Waals surface area contributed by atoms with Gasteiger partial charge < -0.3 is 19.9 Å². The summed E-state index contributed by atoms with van der Waals surface area (Å²) in [7, 11) is 1.68. The van der Waals surface area contributed by atoms with E-state index >= 15 is 0 Å². The van der Waals surface area contributed by atoms with E-state index in [1.807, 2.05) is 12.1 Å². The van der Waals surface area contributed by atoms with Crippen molar-refractivity contribution in [3.63, 3.8) is 0 Å². The average molecular weight is 277 g/mol. The molecule has 1 aliphatic carbocycles. The van der Waals surface area contributed by atoms with E-state index in [4.69, 9.17) is 19.9 Å². The summed E-state index contributed by atoms with van der Waals surface area (Å²) in [6.07, 6.45) is 4.58. The topological polar surface area (TPSA) is 53.7 Å². The summed E-state index contributed by atoms with van der Waals surface area (Å²) in [5, 5.41) is 0. The smallest absolute Gasteiger partial charge is 0.119 e. The standard InChI is InChI=1S/C16H23NO3/c1-18-12-6-4-11-5-7-15(16(17)14(11)9-12)20-10-13-3-2-8-19-13/h4,6,9,13,15-16H,2-3,5,7-8,10,17H2,1H3. The fourth-order valence-corrected chi connectivity index (χ4v) is 3.11. The Hall–Kier alpha value is -1.10. The highest BCUT2D eigenvalue weighted by atomic mass is 16.5. The van der Waals surface area contributed by atoms with Crippen LogP contribution in [0.25, 0.3) is 0 Å². The van der Waals surface area contributed by atoms with Crippen molar-refractivity contribution in [2.24, 2.45) is 5.73 Å². The first-order valence-corrected chi connectivity index (χ1v) is 7.43. The Morgan fingerprint density at radius 3 is 3.00 bits per heavy atom. The van der Waals surface area contributed by atoms with Gasteiger partial charge in [-0.05, 0) is 48.9 Å². The first-order valence-electron chi connectivity index (χ1n) is 7.43. The lowest BCUT2D eigenvalue weighted by atomic mass is 9.86. The van der Waals surface area contributed by atoms with E-state index in [0.717, 1.165) is 43.6 Å². The number of aryl methyl sites for hydroxylation is 1. The lowest BCUT2D eigenvalue weighted by molar-refractivity contribution is -0.0348. The molecule has 110 valence electrons. The minimum atomic E-state index is -0.0738. The normalized spacial score (nSPS) is 29.2. The molecule has 3 rings (SSSR count). The van der Waals surface area contributed by atoms with E-state index in [2.05, 4.69) is 6.07 Å². The molecule has 1 heterocycles. The van der Waals surface area contributed by atoms with Crippen LogP contribution in [0.1, 0.15) is 36.4 Å². The van der Waals surface area contributed by atoms with Crippen molar-refractivity contribution in [3.05, 3.63) is 29.3 Å². The van der Waals surface area contributed by atoms with Crippen molar-refractivity contribution < 1.29 is 14.2 Å². The zero-order chi connectivity index (χ0) is 13.9. The van der Waals surface area contributed by atoms with Crippen LogP contribution < -0.4 is 10.5 Å². The van der Waals surface area contributed by atoms with Gasteiger partial charge in [-0.1, -0.05) is 6.07 Å². The number of fused-ring (bicyclic) bond motifs is 1. The number of nitrogens with two attached hydrogens (primary N) is 1. The Kier molecular flexibility index (Phi) is 4.24. The number of ether oxygens (including phenoxy) is 3. The van der Waals surface area contributed by atoms with Crippen LogP contribution in [0.5, 0.6) is 5.75 Å². The summed E-state index contributed by atoms with van der Waals surface area (Å²) in [5.74, 6) is 0.860. The Bertz CT molecular complexity index is 457. The predicted octanol–water partition coefficient (Wildman–Crippen LogP) is 2.21. The van der Waals surface area contributed by atoms with Crippen LogP contribution >= 0.6 is 0 Å². The molecule has 4 nitrogen and oxygen atoms in total. The molecule has 0 aromatic heterocycles. The largest absolute Gasteiger partial charge is 0.497 e. The first kappa shape index (κ1) is 13.9. The minimum Gasteiger partial charge on any atom is -0.497 e. The fraction of sp³-hybridized carbons (Fsp3) is 0.625. The minimum absolute atomic E-state index is 0.0738. The molecule has 2 N–H and O–H groups in total. The van der Waals surface area contributed by atoms with Crippen LogP contribution in [0, 0.1) is 0 Å². The maximum Gasteiger partial charge on any atom is 0.119 e. The maximum atomic E-state index is 6.38. The number of rotatable bonds is 4. The van der Waals surface area contributed by atoms with Gasteiger partial charge in [0.15, 0.2) is 0 Å². The number of hydrogen-bond acceptors (Lipinski definition) is 4. The fourth-order valence-electron chi connectivity index (χ4n) is 3.11. The van der Waals surface area contributed by atoms with Gasteiger partial charge in [0.1, 0.15) is 5.75 Å². The van der Waals surface area contributed by atoms with Crippen molar-refractivity contribution in [2.75, 3.05) is 20.3 Å². The Balaban J connectivity index is 1.66. The Labute approximate surface area is 120 Å². The third kappa shape index (κ3) is 2.82. The molecule has 0 bridgehead atoms. The zero-order valence-electron chi connectivity index (χ0n) is 12.0. The monoisotopic (exact) mass is 277 g/mol. The van der Waals surface area contributed by atoms with Gasteiger partial charge in [-0.2, -0.15) is 0 Å². The van der Waals surface area contributed by atoms with Crippen molar-refractivity contribution >= 4 is 0 Å². The van der Waals surface area contributed by atoms with E-state index in [1.54, 1.807) is 7.11 Å². The quantitative estimate of drug-likeness (QED) is 0.916. The molecule has 1 aliphatic heterocycles. The highest BCUT2D eigenvalue weighted by Gasteiger charge is 2.29.